The van der Waals surface area contributed by atoms with Crippen LogP contribution in [0.5, 0.6) is 0 Å². The molecule has 1 aromatic carbocycles. The SMILES string of the molecule is CC(C)(C)[C@H](NS(=O)(=O)c1cccc2nsnc12)C(=O)[O-]. The molecule has 0 bridgehead atoms. The van der Waals surface area contributed by atoms with Gasteiger partial charge in [0, 0.05) is 0 Å². The fourth-order valence-corrected chi connectivity index (χ4v) is 3.95. The number of benzene rings is 1. The lowest BCUT2D eigenvalue weighted by atomic mass is 9.88. The molecule has 0 radical (unpaired) electrons. The van der Waals surface area contributed by atoms with Crippen molar-refractivity contribution in [3.8, 4) is 0 Å². The van der Waals surface area contributed by atoms with Crippen LogP contribution in [0.3, 0.4) is 0 Å². The van der Waals surface area contributed by atoms with E-state index in [9.17, 15) is 18.3 Å². The monoisotopic (exact) mass is 328 g/mol. The Balaban J connectivity index is 2.47. The van der Waals surface area contributed by atoms with Crippen LogP contribution in [-0.2, 0) is 14.8 Å². The number of hydrogen-bond acceptors (Lipinski definition) is 7. The van der Waals surface area contributed by atoms with Gasteiger partial charge in [0.2, 0.25) is 10.0 Å². The van der Waals surface area contributed by atoms with Gasteiger partial charge in [-0.1, -0.05) is 26.8 Å². The van der Waals surface area contributed by atoms with Gasteiger partial charge in [-0.2, -0.15) is 8.75 Å². The van der Waals surface area contributed by atoms with E-state index in [-0.39, 0.29) is 10.4 Å². The van der Waals surface area contributed by atoms with E-state index < -0.39 is 27.4 Å². The number of rotatable bonds is 4. The smallest absolute Gasteiger partial charge is 0.243 e. The molecule has 0 unspecified atom stereocenters. The van der Waals surface area contributed by atoms with Gasteiger partial charge in [-0.25, -0.2) is 13.1 Å². The summed E-state index contributed by atoms with van der Waals surface area (Å²) < 4.78 is 35.0. The molecule has 0 saturated heterocycles. The topological polar surface area (TPSA) is 112 Å². The Morgan fingerprint density at radius 1 is 1.33 bits per heavy atom. The van der Waals surface area contributed by atoms with Crippen molar-refractivity contribution in [3.63, 3.8) is 0 Å². The molecule has 0 fully saturated rings. The number of carboxylic acids is 1. The fourth-order valence-electron chi connectivity index (χ4n) is 1.80. The molecule has 2 rings (SSSR count). The third-order valence-corrected chi connectivity index (χ3v) is 4.91. The number of aliphatic carboxylic acids is 1. The lowest BCUT2D eigenvalue weighted by Gasteiger charge is -2.31. The Kier molecular flexibility index (Phi) is 4.00. The van der Waals surface area contributed by atoms with Crippen molar-refractivity contribution in [2.75, 3.05) is 0 Å². The summed E-state index contributed by atoms with van der Waals surface area (Å²) in [5.41, 5.74) is -0.162. The largest absolute Gasteiger partial charge is 0.548 e. The Morgan fingerprint density at radius 3 is 2.57 bits per heavy atom. The van der Waals surface area contributed by atoms with Crippen LogP contribution >= 0.6 is 11.7 Å². The summed E-state index contributed by atoms with van der Waals surface area (Å²) in [5.74, 6) is -1.48. The second kappa shape index (κ2) is 5.32. The highest BCUT2D eigenvalue weighted by atomic mass is 32.2. The molecule has 0 spiro atoms. The summed E-state index contributed by atoms with van der Waals surface area (Å²) in [5, 5.41) is 11.2. The van der Waals surface area contributed by atoms with Gasteiger partial charge in [0.25, 0.3) is 0 Å². The number of sulfonamides is 1. The Morgan fingerprint density at radius 2 is 2.00 bits per heavy atom. The molecule has 1 heterocycles. The average molecular weight is 328 g/mol. The van der Waals surface area contributed by atoms with E-state index in [0.717, 1.165) is 11.7 Å². The molecule has 21 heavy (non-hydrogen) atoms. The Bertz CT molecular complexity index is 777. The highest BCUT2D eigenvalue weighted by Gasteiger charge is 2.31. The molecule has 1 N–H and O–H groups in total. The number of carboxylic acid groups (broad SMARTS) is 1. The molecule has 114 valence electrons. The molecule has 0 aliphatic rings. The molecule has 9 heteroatoms. The normalized spacial score (nSPS) is 14.2. The van der Waals surface area contributed by atoms with Crippen LogP contribution in [0.2, 0.25) is 0 Å². The minimum atomic E-state index is -4.05. The highest BCUT2D eigenvalue weighted by molar-refractivity contribution is 7.89. The van der Waals surface area contributed by atoms with Crippen LogP contribution in [0.15, 0.2) is 23.1 Å². The maximum Gasteiger partial charge on any atom is 0.243 e. The van der Waals surface area contributed by atoms with Crippen molar-refractivity contribution in [3.05, 3.63) is 18.2 Å². The minimum Gasteiger partial charge on any atom is -0.548 e. The van der Waals surface area contributed by atoms with Crippen LogP contribution in [0.4, 0.5) is 0 Å². The van der Waals surface area contributed by atoms with Crippen LogP contribution in [0.25, 0.3) is 11.0 Å². The molecule has 1 atom stereocenters. The standard InChI is InChI=1S/C12H15N3O4S2/c1-12(2,3)10(11(16)17)15-21(18,19)8-6-4-5-7-9(8)14-20-13-7/h4-6,10,15H,1-3H3,(H,16,17)/p-1/t10-/m1/s1. The van der Waals surface area contributed by atoms with Gasteiger partial charge in [0.05, 0.1) is 23.7 Å². The maximum absolute atomic E-state index is 12.4. The highest BCUT2D eigenvalue weighted by Crippen LogP contribution is 2.24. The summed E-state index contributed by atoms with van der Waals surface area (Å²) in [7, 11) is -4.05. The number of aromatic nitrogens is 2. The summed E-state index contributed by atoms with van der Waals surface area (Å²) >= 11 is 0.893. The van der Waals surface area contributed by atoms with Crippen molar-refractivity contribution in [2.24, 2.45) is 5.41 Å². The van der Waals surface area contributed by atoms with Gasteiger partial charge in [0.15, 0.2) is 0 Å². The summed E-state index contributed by atoms with van der Waals surface area (Å²) in [6, 6.07) is 3.17. The summed E-state index contributed by atoms with van der Waals surface area (Å²) in [6.07, 6.45) is 0. The summed E-state index contributed by atoms with van der Waals surface area (Å²) in [4.78, 5) is 11.1. The molecular weight excluding hydrogens is 314 g/mol. The number of carbonyl (C=O) groups excluding carboxylic acids is 1. The number of hydrogen-bond donors (Lipinski definition) is 1. The lowest BCUT2D eigenvalue weighted by molar-refractivity contribution is -0.310. The van der Waals surface area contributed by atoms with Crippen molar-refractivity contribution in [1.29, 1.82) is 0 Å². The van der Waals surface area contributed by atoms with E-state index in [1.165, 1.54) is 12.1 Å². The Hall–Kier alpha value is -1.58. The molecule has 2 aromatic rings. The molecule has 0 saturated carbocycles. The van der Waals surface area contributed by atoms with E-state index in [0.29, 0.717) is 5.52 Å². The molecule has 0 amide bonds. The van der Waals surface area contributed by atoms with Crippen LogP contribution in [0, 0.1) is 5.41 Å². The van der Waals surface area contributed by atoms with Crippen molar-refractivity contribution in [2.45, 2.75) is 31.7 Å². The van der Waals surface area contributed by atoms with Gasteiger partial charge in [-0.15, -0.1) is 0 Å². The van der Waals surface area contributed by atoms with Crippen LogP contribution < -0.4 is 9.83 Å². The minimum absolute atomic E-state index is 0.0933. The number of carbonyl (C=O) groups is 1. The molecule has 1 aromatic heterocycles. The zero-order chi connectivity index (χ0) is 15.8. The third kappa shape index (κ3) is 3.20. The van der Waals surface area contributed by atoms with Crippen molar-refractivity contribution < 1.29 is 18.3 Å². The van der Waals surface area contributed by atoms with Crippen LogP contribution in [-0.4, -0.2) is 29.2 Å². The van der Waals surface area contributed by atoms with Gasteiger partial charge in [-0.3, -0.25) is 0 Å². The van der Waals surface area contributed by atoms with Crippen LogP contribution in [0.1, 0.15) is 20.8 Å². The van der Waals surface area contributed by atoms with E-state index in [2.05, 4.69) is 13.5 Å². The Labute approximate surface area is 126 Å². The molecular formula is C12H14N3O4S2-. The van der Waals surface area contributed by atoms with E-state index >= 15 is 0 Å². The predicted octanol–water partition coefficient (Wildman–Crippen LogP) is 0.134. The van der Waals surface area contributed by atoms with E-state index in [4.69, 9.17) is 0 Å². The molecule has 0 aliphatic carbocycles. The first-order valence-electron chi connectivity index (χ1n) is 6.07. The zero-order valence-electron chi connectivity index (χ0n) is 11.7. The molecule has 7 nitrogen and oxygen atoms in total. The van der Waals surface area contributed by atoms with Gasteiger partial charge >= 0.3 is 0 Å². The maximum atomic E-state index is 12.4. The average Bonchev–Trinajstić information content (AvgIpc) is 2.82. The van der Waals surface area contributed by atoms with E-state index in [1.807, 2.05) is 0 Å². The first-order chi connectivity index (χ1) is 9.63. The quantitative estimate of drug-likeness (QED) is 0.854. The lowest BCUT2D eigenvalue weighted by Crippen LogP contribution is -2.54. The van der Waals surface area contributed by atoms with E-state index in [1.54, 1.807) is 26.8 Å². The van der Waals surface area contributed by atoms with Gasteiger partial charge < -0.3 is 9.90 Å². The first-order valence-corrected chi connectivity index (χ1v) is 8.29. The summed E-state index contributed by atoms with van der Waals surface area (Å²) in [6.45, 7) is 4.84. The van der Waals surface area contributed by atoms with Gasteiger partial charge in [0.1, 0.15) is 15.9 Å². The third-order valence-electron chi connectivity index (χ3n) is 2.91. The zero-order valence-corrected chi connectivity index (χ0v) is 13.3. The molecule has 0 aliphatic heterocycles. The fraction of sp³-hybridized carbons (Fsp3) is 0.417. The first kappa shape index (κ1) is 15.8. The number of nitrogens with zero attached hydrogens (tertiary/aromatic N) is 2. The van der Waals surface area contributed by atoms with Crippen molar-refractivity contribution >= 4 is 38.8 Å². The number of fused-ring (bicyclic) bond motifs is 1. The second-order valence-electron chi connectivity index (χ2n) is 5.63. The predicted molar refractivity (Wildman–Crippen MR) is 76.0 cm³/mol. The van der Waals surface area contributed by atoms with Crippen molar-refractivity contribution in [1.82, 2.24) is 13.5 Å². The van der Waals surface area contributed by atoms with Gasteiger partial charge in [-0.05, 0) is 17.5 Å². The number of nitrogens with one attached hydrogen (secondary N) is 1. The second-order valence-corrected chi connectivity index (χ2v) is 7.84.